The monoisotopic (exact) mass is 453 g/mol. The van der Waals surface area contributed by atoms with Crippen LogP contribution in [0.5, 0.6) is 0 Å². The fraction of sp³-hybridized carbons (Fsp3) is 0.182. The highest BCUT2D eigenvalue weighted by Gasteiger charge is 2.16. The molecule has 2 aromatic heterocycles. The van der Waals surface area contributed by atoms with Gasteiger partial charge in [-0.25, -0.2) is 4.98 Å². The number of hydrogen-bond acceptors (Lipinski definition) is 6. The summed E-state index contributed by atoms with van der Waals surface area (Å²) < 4.78 is 1.70. The smallest absolute Gasteiger partial charge is 0.273 e. The highest BCUT2D eigenvalue weighted by molar-refractivity contribution is 7.22. The van der Waals surface area contributed by atoms with Crippen molar-refractivity contribution in [1.29, 1.82) is 0 Å². The second-order valence-electron chi connectivity index (χ2n) is 7.15. The Balaban J connectivity index is 1.54. The van der Waals surface area contributed by atoms with E-state index in [9.17, 15) is 9.59 Å². The van der Waals surface area contributed by atoms with E-state index in [0.717, 1.165) is 11.1 Å². The summed E-state index contributed by atoms with van der Waals surface area (Å²) in [6, 6.07) is 15.4. The Morgan fingerprint density at radius 3 is 2.71 bits per heavy atom. The molecule has 4 aromatic rings. The summed E-state index contributed by atoms with van der Waals surface area (Å²) in [6.45, 7) is 2.35. The number of benzene rings is 2. The van der Waals surface area contributed by atoms with Crippen LogP contribution in [0.15, 0.2) is 59.7 Å². The Bertz CT molecular complexity index is 1280. The van der Waals surface area contributed by atoms with Gasteiger partial charge in [-0.1, -0.05) is 65.4 Å². The number of para-hydroxylation sites is 1. The predicted molar refractivity (Wildman–Crippen MR) is 125 cm³/mol. The Morgan fingerprint density at radius 2 is 1.97 bits per heavy atom. The summed E-state index contributed by atoms with van der Waals surface area (Å²) in [5.74, 6) is -0.356. The molecular weight excluding hydrogens is 434 g/mol. The number of carbonyl (C=O) groups is 1. The van der Waals surface area contributed by atoms with Gasteiger partial charge in [-0.05, 0) is 24.1 Å². The highest BCUT2D eigenvalue weighted by Crippen LogP contribution is 2.26. The second kappa shape index (κ2) is 8.87. The van der Waals surface area contributed by atoms with Crippen LogP contribution in [0.25, 0.3) is 10.3 Å². The quantitative estimate of drug-likeness (QED) is 0.475. The molecule has 0 aliphatic carbocycles. The highest BCUT2D eigenvalue weighted by atomic mass is 35.5. The van der Waals surface area contributed by atoms with Crippen LogP contribution in [-0.4, -0.2) is 27.5 Å². The first-order chi connectivity index (χ1) is 14.9. The average Bonchev–Trinajstić information content (AvgIpc) is 3.19. The molecule has 0 saturated carbocycles. The molecule has 0 unspecified atom stereocenters. The second-order valence-corrected chi connectivity index (χ2v) is 8.53. The van der Waals surface area contributed by atoms with Gasteiger partial charge in [0, 0.05) is 13.6 Å². The van der Waals surface area contributed by atoms with Gasteiger partial charge in [-0.3, -0.25) is 14.2 Å². The van der Waals surface area contributed by atoms with Crippen molar-refractivity contribution in [3.05, 3.63) is 81.4 Å². The molecular formula is C22H20ClN5O2S. The zero-order chi connectivity index (χ0) is 22.0. The molecule has 2 heterocycles. The van der Waals surface area contributed by atoms with Gasteiger partial charge in [0.2, 0.25) is 5.91 Å². The number of rotatable bonds is 6. The zero-order valence-electron chi connectivity index (χ0n) is 17.0. The SMILES string of the molecule is Cc1cccc(Cl)c1NC(=O)Cn1cnc2nc(N(C)Cc3ccccc3)sc2c1=O. The van der Waals surface area contributed by atoms with E-state index in [1.54, 1.807) is 6.07 Å². The molecule has 0 aliphatic rings. The molecule has 1 amide bonds. The minimum absolute atomic E-state index is 0.167. The van der Waals surface area contributed by atoms with Crippen LogP contribution in [0.4, 0.5) is 10.8 Å². The summed E-state index contributed by atoms with van der Waals surface area (Å²) in [6.07, 6.45) is 1.35. The molecule has 0 fully saturated rings. The Morgan fingerprint density at radius 1 is 1.19 bits per heavy atom. The molecule has 0 radical (unpaired) electrons. The first-order valence-electron chi connectivity index (χ1n) is 9.58. The number of nitrogens with zero attached hydrogens (tertiary/aromatic N) is 4. The molecule has 4 rings (SSSR count). The number of nitrogens with one attached hydrogen (secondary N) is 1. The van der Waals surface area contributed by atoms with Crippen LogP contribution in [0.3, 0.4) is 0 Å². The molecule has 2 aromatic carbocycles. The van der Waals surface area contributed by atoms with Crippen LogP contribution in [0.1, 0.15) is 11.1 Å². The number of hydrogen-bond donors (Lipinski definition) is 1. The van der Waals surface area contributed by atoms with Gasteiger partial charge in [-0.2, -0.15) is 4.98 Å². The van der Waals surface area contributed by atoms with Crippen LogP contribution in [-0.2, 0) is 17.9 Å². The third kappa shape index (κ3) is 4.60. The third-order valence-electron chi connectivity index (χ3n) is 4.76. The summed E-state index contributed by atoms with van der Waals surface area (Å²) in [4.78, 5) is 36.2. The van der Waals surface area contributed by atoms with Crippen LogP contribution >= 0.6 is 22.9 Å². The van der Waals surface area contributed by atoms with Gasteiger partial charge in [0.05, 0.1) is 10.7 Å². The maximum Gasteiger partial charge on any atom is 0.273 e. The number of carbonyl (C=O) groups excluding carboxylic acids is 1. The average molecular weight is 454 g/mol. The van der Waals surface area contributed by atoms with E-state index in [4.69, 9.17) is 11.6 Å². The number of aromatic nitrogens is 3. The number of aryl methyl sites for hydroxylation is 1. The molecule has 0 aliphatic heterocycles. The van der Waals surface area contributed by atoms with Crippen molar-refractivity contribution in [3.63, 3.8) is 0 Å². The molecule has 0 spiro atoms. The lowest BCUT2D eigenvalue weighted by molar-refractivity contribution is -0.116. The molecule has 7 nitrogen and oxygen atoms in total. The lowest BCUT2D eigenvalue weighted by atomic mass is 10.2. The third-order valence-corrected chi connectivity index (χ3v) is 6.22. The number of thiazole rings is 1. The minimum Gasteiger partial charge on any atom is -0.347 e. The lowest BCUT2D eigenvalue weighted by Gasteiger charge is -2.15. The Kier molecular flexibility index (Phi) is 6.01. The van der Waals surface area contributed by atoms with E-state index in [-0.39, 0.29) is 18.0 Å². The fourth-order valence-electron chi connectivity index (χ4n) is 3.16. The molecule has 1 N–H and O–H groups in total. The summed E-state index contributed by atoms with van der Waals surface area (Å²) in [5.41, 5.74) is 2.60. The van der Waals surface area contributed by atoms with Crippen molar-refractivity contribution < 1.29 is 4.79 Å². The lowest BCUT2D eigenvalue weighted by Crippen LogP contribution is -2.27. The summed E-state index contributed by atoms with van der Waals surface area (Å²) in [5, 5.41) is 3.91. The van der Waals surface area contributed by atoms with Gasteiger partial charge >= 0.3 is 0 Å². The number of fused-ring (bicyclic) bond motifs is 1. The van der Waals surface area contributed by atoms with E-state index >= 15 is 0 Å². The molecule has 0 saturated heterocycles. The van der Waals surface area contributed by atoms with Crippen molar-refractivity contribution in [2.45, 2.75) is 20.0 Å². The van der Waals surface area contributed by atoms with E-state index in [2.05, 4.69) is 15.3 Å². The Labute approximate surface area is 187 Å². The van der Waals surface area contributed by atoms with Crippen molar-refractivity contribution in [2.24, 2.45) is 0 Å². The number of amides is 1. The maximum absolute atomic E-state index is 12.9. The molecule has 0 atom stereocenters. The standard InChI is InChI=1S/C22H20ClN5O2S/c1-14-7-6-10-16(23)18(14)25-17(29)12-28-13-24-20-19(21(28)30)31-22(26-20)27(2)11-15-8-4-3-5-9-15/h3-10,13H,11-12H2,1-2H3,(H,25,29). The van der Waals surface area contributed by atoms with Crippen LogP contribution in [0.2, 0.25) is 5.02 Å². The number of anilines is 2. The van der Waals surface area contributed by atoms with Crippen molar-refractivity contribution in [1.82, 2.24) is 14.5 Å². The Hall–Kier alpha value is -3.23. The first kappa shape index (κ1) is 21.0. The van der Waals surface area contributed by atoms with E-state index in [1.165, 1.54) is 22.2 Å². The molecule has 31 heavy (non-hydrogen) atoms. The van der Waals surface area contributed by atoms with Crippen LogP contribution < -0.4 is 15.8 Å². The maximum atomic E-state index is 12.9. The molecule has 158 valence electrons. The van der Waals surface area contributed by atoms with E-state index in [1.807, 2.05) is 61.3 Å². The topological polar surface area (TPSA) is 80.1 Å². The van der Waals surface area contributed by atoms with Gasteiger partial charge in [0.15, 0.2) is 10.8 Å². The number of halogens is 1. The van der Waals surface area contributed by atoms with E-state index in [0.29, 0.717) is 32.7 Å². The van der Waals surface area contributed by atoms with Gasteiger partial charge in [-0.15, -0.1) is 0 Å². The minimum atomic E-state index is -0.356. The van der Waals surface area contributed by atoms with Crippen molar-refractivity contribution in [3.8, 4) is 0 Å². The normalized spacial score (nSPS) is 10.9. The van der Waals surface area contributed by atoms with Gasteiger partial charge in [0.25, 0.3) is 5.56 Å². The zero-order valence-corrected chi connectivity index (χ0v) is 18.6. The fourth-order valence-corrected chi connectivity index (χ4v) is 4.36. The summed E-state index contributed by atoms with van der Waals surface area (Å²) in [7, 11) is 1.92. The van der Waals surface area contributed by atoms with Gasteiger partial charge < -0.3 is 10.2 Å². The first-order valence-corrected chi connectivity index (χ1v) is 10.8. The van der Waals surface area contributed by atoms with Crippen molar-refractivity contribution >= 4 is 50.0 Å². The van der Waals surface area contributed by atoms with Crippen LogP contribution in [0, 0.1) is 6.92 Å². The molecule has 0 bridgehead atoms. The van der Waals surface area contributed by atoms with Crippen molar-refractivity contribution in [2.75, 3.05) is 17.3 Å². The predicted octanol–water partition coefficient (Wildman–Crippen LogP) is 4.09. The molecule has 9 heteroatoms. The largest absolute Gasteiger partial charge is 0.347 e. The van der Waals surface area contributed by atoms with E-state index < -0.39 is 0 Å². The van der Waals surface area contributed by atoms with Gasteiger partial charge in [0.1, 0.15) is 17.6 Å². The summed E-state index contributed by atoms with van der Waals surface area (Å²) >= 11 is 7.44.